The molecule has 0 radical (unpaired) electrons. The third-order valence-corrected chi connectivity index (χ3v) is 10.2. The molecule has 0 saturated carbocycles. The number of ketones is 2. The van der Waals surface area contributed by atoms with Gasteiger partial charge in [0, 0.05) is 70.8 Å². The summed E-state index contributed by atoms with van der Waals surface area (Å²) in [5, 5.41) is 5.74. The van der Waals surface area contributed by atoms with Crippen molar-refractivity contribution in [2.45, 2.75) is 0 Å². The highest BCUT2D eigenvalue weighted by atomic mass is 79.9. The van der Waals surface area contributed by atoms with Gasteiger partial charge in [0.15, 0.2) is 11.6 Å². The van der Waals surface area contributed by atoms with E-state index in [9.17, 15) is 27.2 Å². The summed E-state index contributed by atoms with van der Waals surface area (Å²) >= 11 is 3.35. The van der Waals surface area contributed by atoms with Gasteiger partial charge in [-0.15, -0.1) is 0 Å². The van der Waals surface area contributed by atoms with Gasteiger partial charge in [-0.25, -0.2) is 17.6 Å². The van der Waals surface area contributed by atoms with Crippen LogP contribution in [0.4, 0.5) is 40.3 Å². The first kappa shape index (κ1) is 44.1. The van der Waals surface area contributed by atoms with Gasteiger partial charge < -0.3 is 25.0 Å². The van der Waals surface area contributed by atoms with E-state index < -0.39 is 23.3 Å². The predicted molar refractivity (Wildman–Crippen MR) is 234 cm³/mol. The lowest BCUT2D eigenvalue weighted by atomic mass is 10.00. The van der Waals surface area contributed by atoms with E-state index in [0.717, 1.165) is 48.3 Å². The number of nitrogens with one attached hydrogen (secondary N) is 2. The Kier molecular flexibility index (Phi) is 15.0. The molecule has 312 valence electrons. The Morgan fingerprint density at radius 2 is 1.10 bits per heavy atom. The topological polar surface area (TPSA) is 83.1 Å². The monoisotopic (exact) mass is 892 g/mol. The van der Waals surface area contributed by atoms with E-state index in [0.29, 0.717) is 51.7 Å². The van der Waals surface area contributed by atoms with E-state index in [1.807, 2.05) is 6.07 Å². The molecule has 1 fully saturated rings. The summed E-state index contributed by atoms with van der Waals surface area (Å²) in [6.45, 7) is 4.75. The minimum Gasteiger partial charge on any atom is -0.496 e. The molecule has 8 nitrogen and oxygen atoms in total. The van der Waals surface area contributed by atoms with Crippen molar-refractivity contribution < 1.29 is 36.6 Å². The zero-order valence-corrected chi connectivity index (χ0v) is 35.1. The number of nitrogens with zero attached hydrogens (tertiary/aromatic N) is 2. The molecule has 0 aliphatic carbocycles. The van der Waals surface area contributed by atoms with Crippen LogP contribution in [0.3, 0.4) is 0 Å². The highest BCUT2D eigenvalue weighted by molar-refractivity contribution is 9.10. The summed E-state index contributed by atoms with van der Waals surface area (Å²) in [4.78, 5) is 30.6. The summed E-state index contributed by atoms with van der Waals surface area (Å²) < 4.78 is 65.1. The molecule has 0 spiro atoms. The lowest BCUT2D eigenvalue weighted by Gasteiger charge is -2.30. The lowest BCUT2D eigenvalue weighted by Crippen LogP contribution is -2.44. The van der Waals surface area contributed by atoms with Crippen LogP contribution in [0.5, 0.6) is 11.5 Å². The molecule has 61 heavy (non-hydrogen) atoms. The van der Waals surface area contributed by atoms with Crippen LogP contribution in [-0.4, -0.2) is 75.4 Å². The molecule has 1 heterocycles. The van der Waals surface area contributed by atoms with Crippen molar-refractivity contribution in [2.75, 3.05) is 64.6 Å². The van der Waals surface area contributed by atoms with Crippen LogP contribution in [0.2, 0.25) is 0 Å². The van der Waals surface area contributed by atoms with Gasteiger partial charge in [-0.3, -0.25) is 14.5 Å². The third-order valence-electron chi connectivity index (χ3n) is 9.70. The van der Waals surface area contributed by atoms with Crippen LogP contribution in [0, 0.1) is 35.1 Å². The Morgan fingerprint density at radius 1 is 0.623 bits per heavy atom. The van der Waals surface area contributed by atoms with E-state index in [-0.39, 0.29) is 22.9 Å². The third kappa shape index (κ3) is 11.9. The van der Waals surface area contributed by atoms with Crippen molar-refractivity contribution in [1.29, 1.82) is 0 Å². The largest absolute Gasteiger partial charge is 0.496 e. The second-order valence-electron chi connectivity index (χ2n) is 14.0. The molecule has 1 aliphatic heterocycles. The number of anilines is 4. The number of benzene rings is 6. The normalized spacial score (nSPS) is 12.6. The van der Waals surface area contributed by atoms with Crippen molar-refractivity contribution in [3.8, 4) is 23.3 Å². The zero-order chi connectivity index (χ0) is 43.5. The van der Waals surface area contributed by atoms with Crippen LogP contribution in [0.1, 0.15) is 37.4 Å². The maximum atomic E-state index is 13.9. The number of hydrogen-bond acceptors (Lipinski definition) is 8. The quantitative estimate of drug-likeness (QED) is 0.0756. The van der Waals surface area contributed by atoms with Gasteiger partial charge >= 0.3 is 0 Å². The van der Waals surface area contributed by atoms with Gasteiger partial charge in [0.2, 0.25) is 0 Å². The molecule has 6 aromatic rings. The van der Waals surface area contributed by atoms with E-state index in [1.165, 1.54) is 38.5 Å². The molecule has 7 rings (SSSR count). The van der Waals surface area contributed by atoms with Crippen LogP contribution in [-0.2, 0) is 0 Å². The minimum absolute atomic E-state index is 0.148. The average molecular weight is 894 g/mol. The number of methoxy groups -OCH3 is 2. The minimum atomic E-state index is -0.694. The Balaban J connectivity index is 0.000000213. The van der Waals surface area contributed by atoms with Crippen LogP contribution < -0.4 is 20.1 Å². The van der Waals surface area contributed by atoms with Crippen LogP contribution in [0.15, 0.2) is 126 Å². The summed E-state index contributed by atoms with van der Waals surface area (Å²) in [7, 11) is 5.15. The number of piperazine rings is 1. The number of likely N-dealkylation sites (N-methyl/N-ethyl adjacent to an activating group) is 1. The van der Waals surface area contributed by atoms with E-state index in [1.54, 1.807) is 78.9 Å². The average Bonchev–Trinajstić information content (AvgIpc) is 3.26. The second kappa shape index (κ2) is 20.7. The Bertz CT molecular complexity index is 2570. The molecule has 13 heteroatoms. The summed E-state index contributed by atoms with van der Waals surface area (Å²) in [6.07, 6.45) is 0. The lowest BCUT2D eigenvalue weighted by molar-refractivity contribution is 0.102. The van der Waals surface area contributed by atoms with E-state index in [4.69, 9.17) is 9.47 Å². The number of carbonyl (C=O) groups is 2. The molecule has 6 aromatic carbocycles. The molecule has 0 unspecified atom stereocenters. The molecule has 1 aliphatic rings. The van der Waals surface area contributed by atoms with Gasteiger partial charge in [0.05, 0.1) is 43.3 Å². The fraction of sp³-hybridized carbons (Fsp3) is 0.167. The van der Waals surface area contributed by atoms with Crippen LogP contribution in [0.25, 0.3) is 0 Å². The predicted octanol–water partition coefficient (Wildman–Crippen LogP) is 10.3. The van der Waals surface area contributed by atoms with Crippen LogP contribution >= 0.6 is 15.9 Å². The molecule has 0 atom stereocenters. The van der Waals surface area contributed by atoms with Crippen molar-refractivity contribution in [1.82, 2.24) is 9.80 Å². The molecule has 2 N–H and O–H groups in total. The fourth-order valence-electron chi connectivity index (χ4n) is 6.29. The van der Waals surface area contributed by atoms with Crippen molar-refractivity contribution in [3.63, 3.8) is 0 Å². The summed E-state index contributed by atoms with van der Waals surface area (Å²) in [6, 6.07) is 30.4. The number of hydrogen-bond donors (Lipinski definition) is 2. The number of ether oxygens (including phenoxy) is 2. The molecule has 0 amide bonds. The van der Waals surface area contributed by atoms with E-state index in [2.05, 4.69) is 55.3 Å². The van der Waals surface area contributed by atoms with Gasteiger partial charge in [-0.2, -0.15) is 0 Å². The first-order chi connectivity index (χ1) is 29.4. The SMILES string of the molecule is COc1ccc(Br)cc1C(=O)c1ccc(Nc2ccc(F)cc2F)cc1.COc1ccc(C#CCN2CCN(C)CC2)cc1C(=O)c1ccc(Nc2ccc(F)cc2F)cc1. The first-order valence-electron chi connectivity index (χ1n) is 19.1. The van der Waals surface area contributed by atoms with Gasteiger partial charge in [0.25, 0.3) is 0 Å². The van der Waals surface area contributed by atoms with E-state index >= 15 is 0 Å². The van der Waals surface area contributed by atoms with Crippen molar-refractivity contribution in [2.24, 2.45) is 0 Å². The standard InChI is InChI=1S/C28H27F2N3O2.C20H14BrF2NO2/c1-32-14-16-33(17-15-32)13-3-4-20-5-12-27(35-2)24(18-20)28(34)21-6-9-23(10-7-21)31-26-11-8-22(29)19-25(26)30;1-26-19-9-4-13(21)10-16(19)20(25)12-2-6-15(7-3-12)24-18-8-5-14(22)11-17(18)23/h5-12,18-19,31H,13-17H2,1-2H3;2-11,24H,1H3. The highest BCUT2D eigenvalue weighted by Crippen LogP contribution is 2.28. The molecular formula is C48H41BrF4N4O4. The van der Waals surface area contributed by atoms with Gasteiger partial charge in [-0.05, 0) is 116 Å². The number of rotatable bonds is 11. The molecule has 0 aromatic heterocycles. The summed E-state index contributed by atoms with van der Waals surface area (Å²) in [5.74, 6) is 4.25. The highest BCUT2D eigenvalue weighted by Gasteiger charge is 2.18. The Labute approximate surface area is 360 Å². The molecular weight excluding hydrogens is 852 g/mol. The number of carbonyl (C=O) groups excluding carboxylic acids is 2. The maximum absolute atomic E-state index is 13.9. The first-order valence-corrected chi connectivity index (χ1v) is 19.8. The number of halogens is 5. The maximum Gasteiger partial charge on any atom is 0.196 e. The van der Waals surface area contributed by atoms with Gasteiger partial charge in [0.1, 0.15) is 34.8 Å². The fourth-order valence-corrected chi connectivity index (χ4v) is 6.65. The zero-order valence-electron chi connectivity index (χ0n) is 33.5. The molecule has 1 saturated heterocycles. The van der Waals surface area contributed by atoms with Crippen molar-refractivity contribution >= 4 is 50.2 Å². The Morgan fingerprint density at radius 3 is 1.57 bits per heavy atom. The van der Waals surface area contributed by atoms with Gasteiger partial charge in [-0.1, -0.05) is 27.8 Å². The Hall–Kier alpha value is -6.46. The molecule has 0 bridgehead atoms. The summed E-state index contributed by atoms with van der Waals surface area (Å²) in [5.41, 5.74) is 3.97. The smallest absolute Gasteiger partial charge is 0.196 e. The van der Waals surface area contributed by atoms with Crippen molar-refractivity contribution in [3.05, 3.63) is 177 Å². The second-order valence-corrected chi connectivity index (χ2v) is 14.9.